The number of anilines is 2. The van der Waals surface area contributed by atoms with Crippen LogP contribution in [0.25, 0.3) is 0 Å². The number of nitrogens with zero attached hydrogens (tertiary/aromatic N) is 1. The number of aryl methyl sites for hydroxylation is 1. The Labute approximate surface area is 182 Å². The number of ether oxygens (including phenoxy) is 1. The minimum atomic E-state index is -0.525. The highest BCUT2D eigenvalue weighted by Gasteiger charge is 2.31. The Morgan fingerprint density at radius 3 is 2.35 bits per heavy atom. The molecule has 1 unspecified atom stereocenters. The molecule has 1 aliphatic heterocycles. The van der Waals surface area contributed by atoms with Gasteiger partial charge in [0, 0.05) is 12.2 Å². The van der Waals surface area contributed by atoms with E-state index in [1.165, 1.54) is 5.56 Å². The largest absolute Gasteiger partial charge is 0.479 e. The van der Waals surface area contributed by atoms with E-state index in [9.17, 15) is 9.59 Å². The predicted molar refractivity (Wildman–Crippen MR) is 122 cm³/mol. The second-order valence-corrected chi connectivity index (χ2v) is 7.73. The van der Waals surface area contributed by atoms with Crippen molar-refractivity contribution in [1.29, 1.82) is 0 Å². The van der Waals surface area contributed by atoms with E-state index < -0.39 is 6.10 Å². The van der Waals surface area contributed by atoms with Gasteiger partial charge in [0.25, 0.3) is 5.91 Å². The second kappa shape index (κ2) is 9.47. The lowest BCUT2D eigenvalue weighted by molar-refractivity contribution is -0.125. The molecule has 31 heavy (non-hydrogen) atoms. The summed E-state index contributed by atoms with van der Waals surface area (Å²) < 4.78 is 5.79. The highest BCUT2D eigenvalue weighted by atomic mass is 16.5. The van der Waals surface area contributed by atoms with E-state index in [0.717, 1.165) is 18.4 Å². The van der Waals surface area contributed by atoms with Gasteiger partial charge in [-0.15, -0.1) is 0 Å². The first-order chi connectivity index (χ1) is 15.1. The molecule has 0 aliphatic carbocycles. The SMILES string of the molecule is CC1Oc2ccc(NC(=O)Cc3ccccc3)cc2N(CCCc2ccccc2)C1=O. The molecular formula is C26H26N2O3. The first kappa shape index (κ1) is 20.7. The molecule has 1 aliphatic rings. The van der Waals surface area contributed by atoms with Crippen LogP contribution in [0, 0.1) is 0 Å². The monoisotopic (exact) mass is 414 g/mol. The smallest absolute Gasteiger partial charge is 0.267 e. The fourth-order valence-electron chi connectivity index (χ4n) is 3.79. The molecule has 0 bridgehead atoms. The van der Waals surface area contributed by atoms with Gasteiger partial charge in [-0.1, -0.05) is 60.7 Å². The molecule has 0 saturated carbocycles. The van der Waals surface area contributed by atoms with Gasteiger partial charge in [-0.25, -0.2) is 0 Å². The number of carbonyl (C=O) groups is 2. The van der Waals surface area contributed by atoms with Gasteiger partial charge in [0.15, 0.2) is 6.10 Å². The summed E-state index contributed by atoms with van der Waals surface area (Å²) in [5.41, 5.74) is 3.55. The molecule has 0 aromatic heterocycles. The van der Waals surface area contributed by atoms with Crippen molar-refractivity contribution in [2.24, 2.45) is 0 Å². The van der Waals surface area contributed by atoms with E-state index >= 15 is 0 Å². The van der Waals surface area contributed by atoms with E-state index in [4.69, 9.17) is 4.74 Å². The molecule has 0 saturated heterocycles. The molecule has 158 valence electrons. The molecule has 3 aromatic carbocycles. The lowest BCUT2D eigenvalue weighted by Gasteiger charge is -2.33. The molecule has 1 atom stereocenters. The van der Waals surface area contributed by atoms with Gasteiger partial charge in [0.2, 0.25) is 5.91 Å². The molecule has 3 aromatic rings. The lowest BCUT2D eigenvalue weighted by atomic mass is 10.1. The van der Waals surface area contributed by atoms with Gasteiger partial charge in [-0.3, -0.25) is 9.59 Å². The number of carbonyl (C=O) groups excluding carboxylic acids is 2. The normalized spacial score (nSPS) is 15.2. The Morgan fingerprint density at radius 1 is 0.968 bits per heavy atom. The molecule has 1 heterocycles. The van der Waals surface area contributed by atoms with Crippen molar-refractivity contribution in [3.8, 4) is 5.75 Å². The highest BCUT2D eigenvalue weighted by Crippen LogP contribution is 2.36. The molecule has 0 spiro atoms. The minimum absolute atomic E-state index is 0.0617. The van der Waals surface area contributed by atoms with E-state index in [2.05, 4.69) is 17.4 Å². The van der Waals surface area contributed by atoms with Crippen LogP contribution in [0.3, 0.4) is 0 Å². The van der Waals surface area contributed by atoms with E-state index in [-0.39, 0.29) is 11.8 Å². The van der Waals surface area contributed by atoms with Crippen LogP contribution in [-0.2, 0) is 22.4 Å². The summed E-state index contributed by atoms with van der Waals surface area (Å²) >= 11 is 0. The summed E-state index contributed by atoms with van der Waals surface area (Å²) in [6.07, 6.45) is 1.50. The first-order valence-electron chi connectivity index (χ1n) is 10.6. The van der Waals surface area contributed by atoms with Gasteiger partial charge in [-0.05, 0) is 49.1 Å². The van der Waals surface area contributed by atoms with Gasteiger partial charge in [0.05, 0.1) is 12.1 Å². The number of rotatable bonds is 7. The van der Waals surface area contributed by atoms with E-state index in [1.807, 2.05) is 66.7 Å². The highest BCUT2D eigenvalue weighted by molar-refractivity contribution is 6.01. The second-order valence-electron chi connectivity index (χ2n) is 7.73. The summed E-state index contributed by atoms with van der Waals surface area (Å²) in [6.45, 7) is 2.36. The molecule has 0 radical (unpaired) electrons. The topological polar surface area (TPSA) is 58.6 Å². The Morgan fingerprint density at radius 2 is 1.65 bits per heavy atom. The van der Waals surface area contributed by atoms with Crippen LogP contribution in [0.15, 0.2) is 78.9 Å². The fraction of sp³-hybridized carbons (Fsp3) is 0.231. The summed E-state index contributed by atoms with van der Waals surface area (Å²) in [6, 6.07) is 25.3. The Bertz CT molecular complexity index is 1050. The maximum atomic E-state index is 12.8. The zero-order valence-electron chi connectivity index (χ0n) is 17.6. The van der Waals surface area contributed by atoms with Crippen molar-refractivity contribution < 1.29 is 14.3 Å². The Kier molecular flexibility index (Phi) is 6.32. The summed E-state index contributed by atoms with van der Waals surface area (Å²) in [5, 5.41) is 2.94. The number of benzene rings is 3. The maximum absolute atomic E-state index is 12.8. The van der Waals surface area contributed by atoms with Crippen LogP contribution in [-0.4, -0.2) is 24.5 Å². The van der Waals surface area contributed by atoms with E-state index in [0.29, 0.717) is 30.1 Å². The number of hydrogen-bond acceptors (Lipinski definition) is 3. The van der Waals surface area contributed by atoms with Crippen LogP contribution in [0.1, 0.15) is 24.5 Å². The molecule has 2 amide bonds. The lowest BCUT2D eigenvalue weighted by Crippen LogP contribution is -2.45. The maximum Gasteiger partial charge on any atom is 0.267 e. The first-order valence-corrected chi connectivity index (χ1v) is 10.6. The van der Waals surface area contributed by atoms with Crippen molar-refractivity contribution >= 4 is 23.2 Å². The molecular weight excluding hydrogens is 388 g/mol. The summed E-state index contributed by atoms with van der Waals surface area (Å²) in [5.74, 6) is 0.499. The molecule has 1 N–H and O–H groups in total. The fourth-order valence-corrected chi connectivity index (χ4v) is 3.79. The zero-order chi connectivity index (χ0) is 21.6. The van der Waals surface area contributed by atoms with Gasteiger partial charge in [0.1, 0.15) is 5.75 Å². The van der Waals surface area contributed by atoms with Gasteiger partial charge < -0.3 is 15.0 Å². The van der Waals surface area contributed by atoms with Crippen molar-refractivity contribution in [2.75, 3.05) is 16.8 Å². The van der Waals surface area contributed by atoms with Crippen molar-refractivity contribution in [3.05, 3.63) is 90.0 Å². The van der Waals surface area contributed by atoms with Crippen molar-refractivity contribution in [3.63, 3.8) is 0 Å². The quantitative estimate of drug-likeness (QED) is 0.614. The average molecular weight is 415 g/mol. The van der Waals surface area contributed by atoms with Crippen molar-refractivity contribution in [1.82, 2.24) is 0 Å². The number of fused-ring (bicyclic) bond motifs is 1. The summed E-state index contributed by atoms with van der Waals surface area (Å²) in [7, 11) is 0. The molecule has 4 rings (SSSR count). The third kappa shape index (κ3) is 5.12. The third-order valence-corrected chi connectivity index (χ3v) is 5.35. The van der Waals surface area contributed by atoms with Crippen molar-refractivity contribution in [2.45, 2.75) is 32.3 Å². The summed E-state index contributed by atoms with van der Waals surface area (Å²) in [4.78, 5) is 27.0. The molecule has 5 heteroatoms. The van der Waals surface area contributed by atoms with Crippen LogP contribution in [0.5, 0.6) is 5.75 Å². The number of amides is 2. The van der Waals surface area contributed by atoms with Crippen LogP contribution >= 0.6 is 0 Å². The third-order valence-electron chi connectivity index (χ3n) is 5.35. The van der Waals surface area contributed by atoms with Gasteiger partial charge in [-0.2, -0.15) is 0 Å². The zero-order valence-corrected chi connectivity index (χ0v) is 17.6. The van der Waals surface area contributed by atoms with E-state index in [1.54, 1.807) is 11.8 Å². The minimum Gasteiger partial charge on any atom is -0.479 e. The standard InChI is InChI=1S/C26H26N2O3/c1-19-26(30)28(16-8-13-20-9-4-2-5-10-20)23-18-22(14-15-24(23)31-19)27-25(29)17-21-11-6-3-7-12-21/h2-7,9-12,14-15,18-19H,8,13,16-17H2,1H3,(H,27,29). The predicted octanol–water partition coefficient (Wildman–Crippen LogP) is 4.61. The van der Waals surface area contributed by atoms with Crippen LogP contribution in [0.2, 0.25) is 0 Å². The van der Waals surface area contributed by atoms with Crippen LogP contribution < -0.4 is 15.0 Å². The number of nitrogens with one attached hydrogen (secondary N) is 1. The average Bonchev–Trinajstić information content (AvgIpc) is 2.78. The van der Waals surface area contributed by atoms with Gasteiger partial charge >= 0.3 is 0 Å². The molecule has 5 nitrogen and oxygen atoms in total. The Balaban J connectivity index is 1.47. The van der Waals surface area contributed by atoms with Crippen LogP contribution in [0.4, 0.5) is 11.4 Å². The number of hydrogen-bond donors (Lipinski definition) is 1. The molecule has 0 fully saturated rings. The Hall–Kier alpha value is -3.60.